The van der Waals surface area contributed by atoms with Crippen molar-refractivity contribution in [1.29, 1.82) is 0 Å². The minimum atomic E-state index is -0.875. The Kier molecular flexibility index (Phi) is 7.79. The summed E-state index contributed by atoms with van der Waals surface area (Å²) in [6, 6.07) is 7.33. The van der Waals surface area contributed by atoms with Crippen LogP contribution in [0.2, 0.25) is 5.02 Å². The molecule has 0 radical (unpaired) electrons. The van der Waals surface area contributed by atoms with Crippen LogP contribution in [0.1, 0.15) is 25.3 Å². The van der Waals surface area contributed by atoms with E-state index < -0.39 is 5.97 Å². The molecule has 0 saturated carbocycles. The number of halogens is 1. The second kappa shape index (κ2) is 9.37. The van der Waals surface area contributed by atoms with Crippen molar-refractivity contribution in [3.63, 3.8) is 0 Å². The number of nitrogens with zero attached hydrogens (tertiary/aromatic N) is 1. The van der Waals surface area contributed by atoms with Crippen LogP contribution in [-0.2, 0) is 16.1 Å². The van der Waals surface area contributed by atoms with Crippen molar-refractivity contribution >= 4 is 23.5 Å². The Balaban J connectivity index is 2.35. The fourth-order valence-electron chi connectivity index (χ4n) is 1.96. The highest BCUT2D eigenvalue weighted by atomic mass is 35.5. The molecule has 1 aromatic rings. The molecule has 6 heteroatoms. The molecule has 116 valence electrons. The van der Waals surface area contributed by atoms with Gasteiger partial charge in [0.2, 0.25) is 5.91 Å². The second-order valence-electron chi connectivity index (χ2n) is 4.79. The predicted molar refractivity (Wildman–Crippen MR) is 82.3 cm³/mol. The predicted octanol–water partition coefficient (Wildman–Crippen LogP) is 2.14. The number of carbonyl (C=O) groups excluding carboxylic acids is 1. The Morgan fingerprint density at radius 3 is 2.62 bits per heavy atom. The van der Waals surface area contributed by atoms with Gasteiger partial charge in [0.05, 0.1) is 6.54 Å². The molecule has 1 amide bonds. The van der Waals surface area contributed by atoms with E-state index in [1.165, 1.54) is 0 Å². The van der Waals surface area contributed by atoms with E-state index in [9.17, 15) is 9.59 Å². The maximum absolute atomic E-state index is 11.8. The Labute approximate surface area is 129 Å². The number of benzene rings is 1. The van der Waals surface area contributed by atoms with Crippen molar-refractivity contribution in [2.24, 2.45) is 0 Å². The highest BCUT2D eigenvalue weighted by Crippen LogP contribution is 2.14. The fraction of sp³-hybridized carbons (Fsp3) is 0.467. The third-order valence-electron chi connectivity index (χ3n) is 2.99. The number of carbonyl (C=O) groups is 2. The van der Waals surface area contributed by atoms with Gasteiger partial charge in [0.25, 0.3) is 0 Å². The lowest BCUT2D eigenvalue weighted by molar-refractivity contribution is -0.138. The van der Waals surface area contributed by atoms with Crippen molar-refractivity contribution in [2.45, 2.75) is 26.3 Å². The first-order valence-electron chi connectivity index (χ1n) is 6.97. The fourth-order valence-corrected chi connectivity index (χ4v) is 2.16. The van der Waals surface area contributed by atoms with Crippen LogP contribution >= 0.6 is 11.6 Å². The van der Waals surface area contributed by atoms with Crippen molar-refractivity contribution in [1.82, 2.24) is 10.2 Å². The molecule has 0 aliphatic heterocycles. The van der Waals surface area contributed by atoms with Crippen LogP contribution in [0, 0.1) is 0 Å². The Morgan fingerprint density at radius 2 is 2.00 bits per heavy atom. The standard InChI is InChI=1S/C15H21ClN2O3/c1-2-8-18(11-15(20)21)9-7-14(19)17-10-12-5-3-4-6-13(12)16/h3-6H,2,7-11H2,1H3,(H,17,19)(H,20,21). The molecule has 0 aromatic heterocycles. The summed E-state index contributed by atoms with van der Waals surface area (Å²) < 4.78 is 0. The molecule has 5 nitrogen and oxygen atoms in total. The van der Waals surface area contributed by atoms with Gasteiger partial charge in [-0.25, -0.2) is 0 Å². The number of nitrogens with one attached hydrogen (secondary N) is 1. The first kappa shape index (κ1) is 17.5. The molecule has 0 fully saturated rings. The first-order valence-corrected chi connectivity index (χ1v) is 7.35. The quantitative estimate of drug-likeness (QED) is 0.733. The summed E-state index contributed by atoms with van der Waals surface area (Å²) in [5.41, 5.74) is 0.864. The SMILES string of the molecule is CCCN(CCC(=O)NCc1ccccc1Cl)CC(=O)O. The molecule has 2 N–H and O–H groups in total. The number of hydrogen-bond acceptors (Lipinski definition) is 3. The average molecular weight is 313 g/mol. The summed E-state index contributed by atoms with van der Waals surface area (Å²) in [4.78, 5) is 24.3. The summed E-state index contributed by atoms with van der Waals surface area (Å²) in [6.45, 7) is 3.43. The number of rotatable bonds is 9. The molecule has 1 rings (SSSR count). The summed E-state index contributed by atoms with van der Waals surface area (Å²) in [5, 5.41) is 12.2. The lowest BCUT2D eigenvalue weighted by Gasteiger charge is -2.18. The number of amides is 1. The summed E-state index contributed by atoms with van der Waals surface area (Å²) in [7, 11) is 0. The van der Waals surface area contributed by atoms with E-state index in [2.05, 4.69) is 5.32 Å². The lowest BCUT2D eigenvalue weighted by Crippen LogP contribution is -2.34. The van der Waals surface area contributed by atoms with Gasteiger partial charge in [0.15, 0.2) is 0 Å². The van der Waals surface area contributed by atoms with Crippen LogP contribution in [0.5, 0.6) is 0 Å². The molecule has 21 heavy (non-hydrogen) atoms. The molecule has 0 saturated heterocycles. The monoisotopic (exact) mass is 312 g/mol. The van der Waals surface area contributed by atoms with Gasteiger partial charge in [-0.3, -0.25) is 14.5 Å². The highest BCUT2D eigenvalue weighted by molar-refractivity contribution is 6.31. The minimum absolute atomic E-state index is 0.0361. The van der Waals surface area contributed by atoms with Crippen LogP contribution in [0.15, 0.2) is 24.3 Å². The van der Waals surface area contributed by atoms with E-state index in [0.29, 0.717) is 24.7 Å². The van der Waals surface area contributed by atoms with Crippen molar-refractivity contribution in [2.75, 3.05) is 19.6 Å². The molecule has 0 unspecified atom stereocenters. The lowest BCUT2D eigenvalue weighted by atomic mass is 10.2. The van der Waals surface area contributed by atoms with Gasteiger partial charge in [-0.2, -0.15) is 0 Å². The number of carboxylic acid groups (broad SMARTS) is 1. The van der Waals surface area contributed by atoms with Gasteiger partial charge in [-0.05, 0) is 24.6 Å². The normalized spacial score (nSPS) is 10.6. The molecular formula is C15H21ClN2O3. The van der Waals surface area contributed by atoms with E-state index in [0.717, 1.165) is 12.0 Å². The van der Waals surface area contributed by atoms with E-state index in [-0.39, 0.29) is 18.9 Å². The van der Waals surface area contributed by atoms with Gasteiger partial charge in [0, 0.05) is 24.5 Å². The van der Waals surface area contributed by atoms with Crippen LogP contribution < -0.4 is 5.32 Å². The minimum Gasteiger partial charge on any atom is -0.480 e. The summed E-state index contributed by atoms with van der Waals surface area (Å²) in [6.07, 6.45) is 1.13. The van der Waals surface area contributed by atoms with Gasteiger partial charge in [0.1, 0.15) is 0 Å². The third-order valence-corrected chi connectivity index (χ3v) is 3.36. The van der Waals surface area contributed by atoms with Crippen LogP contribution in [0.4, 0.5) is 0 Å². The Bertz CT molecular complexity index is 480. The molecule has 0 heterocycles. The van der Waals surface area contributed by atoms with E-state index in [4.69, 9.17) is 16.7 Å². The molecular weight excluding hydrogens is 292 g/mol. The maximum Gasteiger partial charge on any atom is 0.317 e. The molecule has 0 aliphatic rings. The Morgan fingerprint density at radius 1 is 1.29 bits per heavy atom. The summed E-state index contributed by atoms with van der Waals surface area (Å²) >= 11 is 6.01. The van der Waals surface area contributed by atoms with Gasteiger partial charge in [-0.1, -0.05) is 36.7 Å². The topological polar surface area (TPSA) is 69.6 Å². The third kappa shape index (κ3) is 7.11. The molecule has 0 spiro atoms. The highest BCUT2D eigenvalue weighted by Gasteiger charge is 2.11. The zero-order chi connectivity index (χ0) is 15.7. The molecule has 1 aromatic carbocycles. The van der Waals surface area contributed by atoms with E-state index in [1.54, 1.807) is 11.0 Å². The number of carboxylic acids is 1. The largest absolute Gasteiger partial charge is 0.480 e. The number of hydrogen-bond donors (Lipinski definition) is 2. The molecule has 0 atom stereocenters. The van der Waals surface area contributed by atoms with Crippen LogP contribution in [-0.4, -0.2) is 41.5 Å². The van der Waals surface area contributed by atoms with Gasteiger partial charge < -0.3 is 10.4 Å². The second-order valence-corrected chi connectivity index (χ2v) is 5.20. The molecule has 0 aliphatic carbocycles. The van der Waals surface area contributed by atoms with Crippen LogP contribution in [0.25, 0.3) is 0 Å². The first-order chi connectivity index (χ1) is 10.0. The average Bonchev–Trinajstić information content (AvgIpc) is 2.43. The van der Waals surface area contributed by atoms with Gasteiger partial charge >= 0.3 is 5.97 Å². The van der Waals surface area contributed by atoms with E-state index >= 15 is 0 Å². The van der Waals surface area contributed by atoms with Crippen molar-refractivity contribution in [3.8, 4) is 0 Å². The van der Waals surface area contributed by atoms with E-state index in [1.807, 2.05) is 25.1 Å². The molecule has 0 bridgehead atoms. The zero-order valence-corrected chi connectivity index (χ0v) is 12.9. The smallest absolute Gasteiger partial charge is 0.317 e. The van der Waals surface area contributed by atoms with Crippen molar-refractivity contribution < 1.29 is 14.7 Å². The Hall–Kier alpha value is -1.59. The van der Waals surface area contributed by atoms with Crippen LogP contribution in [0.3, 0.4) is 0 Å². The summed E-state index contributed by atoms with van der Waals surface area (Å²) in [5.74, 6) is -0.985. The van der Waals surface area contributed by atoms with Gasteiger partial charge in [-0.15, -0.1) is 0 Å². The number of aliphatic carboxylic acids is 1. The maximum atomic E-state index is 11.8. The van der Waals surface area contributed by atoms with Crippen molar-refractivity contribution in [3.05, 3.63) is 34.9 Å². The zero-order valence-electron chi connectivity index (χ0n) is 12.1.